The summed E-state index contributed by atoms with van der Waals surface area (Å²) in [6, 6.07) is 0. The third-order valence-corrected chi connectivity index (χ3v) is 6.33. The van der Waals surface area contributed by atoms with Crippen LogP contribution in [-0.4, -0.2) is 41.9 Å². The minimum absolute atomic E-state index is 0.0662. The number of likely N-dealkylation sites (tertiary alicyclic amines) is 1. The van der Waals surface area contributed by atoms with E-state index in [-0.39, 0.29) is 22.4 Å². The lowest BCUT2D eigenvalue weighted by Gasteiger charge is -2.27. The molecule has 33 heavy (non-hydrogen) atoms. The van der Waals surface area contributed by atoms with E-state index in [9.17, 15) is 14.9 Å². The van der Waals surface area contributed by atoms with Crippen molar-refractivity contribution in [2.45, 2.75) is 86.5 Å². The molecule has 2 rings (SSSR count). The molecule has 0 aliphatic carbocycles. The largest absolute Gasteiger partial charge is 0.379 e. The smallest absolute Gasteiger partial charge is 0.296 e. The van der Waals surface area contributed by atoms with Gasteiger partial charge in [-0.1, -0.05) is 41.0 Å². The van der Waals surface area contributed by atoms with Gasteiger partial charge in [-0.15, -0.1) is 0 Å². The Balaban J connectivity index is 2.47. The quantitative estimate of drug-likeness (QED) is 0.229. The fourth-order valence-electron chi connectivity index (χ4n) is 4.75. The number of nitrogens with zero attached hydrogens (tertiary/aromatic N) is 2. The molecule has 1 fully saturated rings. The molecular formula is C26H44N4O3. The molecule has 7 nitrogen and oxygen atoms in total. The number of nitro benzene ring substituents is 1. The van der Waals surface area contributed by atoms with Crippen LogP contribution < -0.4 is 10.6 Å². The molecule has 0 atom stereocenters. The van der Waals surface area contributed by atoms with Gasteiger partial charge in [-0.25, -0.2) is 0 Å². The highest BCUT2D eigenvalue weighted by Crippen LogP contribution is 2.43. The maximum absolute atomic E-state index is 12.4. The van der Waals surface area contributed by atoms with Crippen LogP contribution >= 0.6 is 0 Å². The van der Waals surface area contributed by atoms with Crippen molar-refractivity contribution in [1.82, 2.24) is 4.90 Å². The Labute approximate surface area is 199 Å². The van der Waals surface area contributed by atoms with Gasteiger partial charge in [-0.05, 0) is 76.1 Å². The lowest BCUT2D eigenvalue weighted by atomic mass is 9.87. The number of hydrogen-bond acceptors (Lipinski definition) is 5. The van der Waals surface area contributed by atoms with Crippen LogP contribution in [0.4, 0.5) is 17.1 Å². The van der Waals surface area contributed by atoms with Crippen LogP contribution in [0.3, 0.4) is 0 Å². The second-order valence-corrected chi connectivity index (χ2v) is 10.2. The molecular weight excluding hydrogens is 416 g/mol. The average molecular weight is 461 g/mol. The van der Waals surface area contributed by atoms with E-state index in [0.717, 1.165) is 48.4 Å². The Morgan fingerprint density at radius 2 is 1.64 bits per heavy atom. The summed E-state index contributed by atoms with van der Waals surface area (Å²) in [5, 5.41) is 18.8. The van der Waals surface area contributed by atoms with E-state index in [4.69, 9.17) is 0 Å². The lowest BCUT2D eigenvalue weighted by Crippen LogP contribution is -2.31. The number of nitro groups is 1. The molecule has 0 saturated carbocycles. The Kier molecular flexibility index (Phi) is 10.6. The maximum Gasteiger partial charge on any atom is 0.296 e. The van der Waals surface area contributed by atoms with Crippen molar-refractivity contribution >= 4 is 23.0 Å². The van der Waals surface area contributed by atoms with Crippen LogP contribution in [0.15, 0.2) is 0 Å². The van der Waals surface area contributed by atoms with Gasteiger partial charge in [0.05, 0.1) is 4.92 Å². The van der Waals surface area contributed by atoms with Crippen LogP contribution in [0.25, 0.3) is 0 Å². The predicted molar refractivity (Wildman–Crippen MR) is 137 cm³/mol. The third kappa shape index (κ3) is 7.70. The van der Waals surface area contributed by atoms with E-state index in [1.54, 1.807) is 0 Å². The Morgan fingerprint density at radius 1 is 1.03 bits per heavy atom. The SMILES string of the molecule is CCC(=O)Nc1c(C)c(NCCCN2CCCCC2)c([N+](=O)[O-])c(CC(C)C)c1CC(C)C. The van der Waals surface area contributed by atoms with E-state index in [0.29, 0.717) is 37.4 Å². The molecule has 1 aliphatic heterocycles. The summed E-state index contributed by atoms with van der Waals surface area (Å²) >= 11 is 0. The molecule has 7 heteroatoms. The van der Waals surface area contributed by atoms with E-state index in [1.165, 1.54) is 19.3 Å². The average Bonchev–Trinajstić information content (AvgIpc) is 2.75. The number of carbonyl (C=O) groups excluding carboxylic acids is 1. The molecule has 1 aromatic carbocycles. The standard InChI is InChI=1S/C26H44N4O3/c1-7-23(31)28-24-20(6)25(27-12-11-15-29-13-9-8-10-14-29)26(30(32)33)22(17-19(4)5)21(24)16-18(2)3/h18-19,27H,7-17H2,1-6H3,(H,28,31). The van der Waals surface area contributed by atoms with Crippen molar-refractivity contribution in [2.75, 3.05) is 36.8 Å². The molecule has 0 radical (unpaired) electrons. The van der Waals surface area contributed by atoms with Crippen molar-refractivity contribution in [3.05, 3.63) is 26.8 Å². The zero-order valence-corrected chi connectivity index (χ0v) is 21.6. The van der Waals surface area contributed by atoms with E-state index in [1.807, 2.05) is 13.8 Å². The van der Waals surface area contributed by atoms with Gasteiger partial charge in [0, 0.05) is 29.8 Å². The van der Waals surface area contributed by atoms with Gasteiger partial charge in [-0.3, -0.25) is 14.9 Å². The van der Waals surface area contributed by atoms with Gasteiger partial charge in [0.25, 0.3) is 5.69 Å². The van der Waals surface area contributed by atoms with Crippen molar-refractivity contribution in [3.63, 3.8) is 0 Å². The van der Waals surface area contributed by atoms with Crippen molar-refractivity contribution in [2.24, 2.45) is 11.8 Å². The summed E-state index contributed by atoms with van der Waals surface area (Å²) in [6.07, 6.45) is 6.43. The number of anilines is 2. The van der Waals surface area contributed by atoms with Crippen LogP contribution in [-0.2, 0) is 17.6 Å². The highest BCUT2D eigenvalue weighted by molar-refractivity contribution is 5.95. The number of carbonyl (C=O) groups is 1. The number of benzene rings is 1. The summed E-state index contributed by atoms with van der Waals surface area (Å²) in [6.45, 7) is 16.1. The predicted octanol–water partition coefficient (Wildman–Crippen LogP) is 5.94. The monoisotopic (exact) mass is 460 g/mol. The zero-order chi connectivity index (χ0) is 24.5. The molecule has 0 spiro atoms. The molecule has 1 saturated heterocycles. The van der Waals surface area contributed by atoms with Crippen molar-refractivity contribution < 1.29 is 9.72 Å². The highest BCUT2D eigenvalue weighted by Gasteiger charge is 2.30. The summed E-state index contributed by atoms with van der Waals surface area (Å²) in [5.41, 5.74) is 3.96. The fraction of sp³-hybridized carbons (Fsp3) is 0.731. The zero-order valence-electron chi connectivity index (χ0n) is 21.6. The minimum Gasteiger partial charge on any atom is -0.379 e. The summed E-state index contributed by atoms with van der Waals surface area (Å²) in [4.78, 5) is 27.0. The molecule has 0 bridgehead atoms. The molecule has 2 N–H and O–H groups in total. The first-order valence-electron chi connectivity index (χ1n) is 12.7. The summed E-state index contributed by atoms with van der Waals surface area (Å²) in [5.74, 6) is 0.512. The van der Waals surface area contributed by atoms with Gasteiger partial charge >= 0.3 is 0 Å². The van der Waals surface area contributed by atoms with Crippen molar-refractivity contribution in [3.8, 4) is 0 Å². The van der Waals surface area contributed by atoms with Crippen LogP contribution in [0.2, 0.25) is 0 Å². The number of nitrogens with one attached hydrogen (secondary N) is 2. The van der Waals surface area contributed by atoms with Crippen LogP contribution in [0.5, 0.6) is 0 Å². The number of amides is 1. The highest BCUT2D eigenvalue weighted by atomic mass is 16.6. The second-order valence-electron chi connectivity index (χ2n) is 10.2. The van der Waals surface area contributed by atoms with Crippen molar-refractivity contribution in [1.29, 1.82) is 0 Å². The first kappa shape index (κ1) is 27.1. The van der Waals surface area contributed by atoms with Gasteiger partial charge < -0.3 is 15.5 Å². The van der Waals surface area contributed by atoms with E-state index < -0.39 is 0 Å². The van der Waals surface area contributed by atoms with E-state index >= 15 is 0 Å². The lowest BCUT2D eigenvalue weighted by molar-refractivity contribution is -0.384. The third-order valence-electron chi connectivity index (χ3n) is 6.33. The maximum atomic E-state index is 12.4. The normalized spacial score (nSPS) is 14.7. The number of piperidine rings is 1. The Morgan fingerprint density at radius 3 is 2.18 bits per heavy atom. The molecule has 1 aliphatic rings. The molecule has 1 heterocycles. The minimum atomic E-state index is -0.229. The van der Waals surface area contributed by atoms with Crippen LogP contribution in [0.1, 0.15) is 83.4 Å². The van der Waals surface area contributed by atoms with Gasteiger partial charge in [0.15, 0.2) is 0 Å². The number of hydrogen-bond donors (Lipinski definition) is 2. The van der Waals surface area contributed by atoms with E-state index in [2.05, 4.69) is 43.2 Å². The summed E-state index contributed by atoms with van der Waals surface area (Å²) < 4.78 is 0. The van der Waals surface area contributed by atoms with Gasteiger partial charge in [0.1, 0.15) is 5.69 Å². The summed E-state index contributed by atoms with van der Waals surface area (Å²) in [7, 11) is 0. The first-order valence-corrected chi connectivity index (χ1v) is 12.7. The Bertz CT molecular complexity index is 814. The number of rotatable bonds is 12. The molecule has 1 aromatic rings. The fourth-order valence-corrected chi connectivity index (χ4v) is 4.75. The topological polar surface area (TPSA) is 87.5 Å². The molecule has 186 valence electrons. The van der Waals surface area contributed by atoms with Gasteiger partial charge in [0.2, 0.25) is 5.91 Å². The van der Waals surface area contributed by atoms with Gasteiger partial charge in [-0.2, -0.15) is 0 Å². The van der Waals surface area contributed by atoms with Crippen LogP contribution in [0, 0.1) is 28.9 Å². The molecule has 0 unspecified atom stereocenters. The first-order chi connectivity index (χ1) is 15.6. The Hall–Kier alpha value is -2.15. The molecule has 1 amide bonds. The second kappa shape index (κ2) is 12.9. The molecule has 0 aromatic heterocycles.